The van der Waals surface area contributed by atoms with Crippen molar-refractivity contribution in [2.45, 2.75) is 12.5 Å². The molecule has 1 unspecified atom stereocenters. The van der Waals surface area contributed by atoms with Crippen LogP contribution in [0.25, 0.3) is 0 Å². The lowest BCUT2D eigenvalue weighted by Gasteiger charge is -2.10. The van der Waals surface area contributed by atoms with Crippen molar-refractivity contribution in [2.24, 2.45) is 0 Å². The Hall–Kier alpha value is -2.07. The topological polar surface area (TPSA) is 54.0 Å². The van der Waals surface area contributed by atoms with Gasteiger partial charge in [0.2, 0.25) is 5.91 Å². The number of halogens is 1. The molecule has 2 aromatic rings. The SMILES string of the molecule is Cl.O=C(NCc1ccccn1)C1CNc2ccccc21. The fourth-order valence-electron chi connectivity index (χ4n) is 2.32. The number of benzene rings is 1. The van der Waals surface area contributed by atoms with E-state index in [1.54, 1.807) is 6.20 Å². The number of nitrogens with one attached hydrogen (secondary N) is 2. The van der Waals surface area contributed by atoms with Crippen LogP contribution in [0.3, 0.4) is 0 Å². The van der Waals surface area contributed by atoms with Gasteiger partial charge in [0.05, 0.1) is 18.2 Å². The van der Waals surface area contributed by atoms with Gasteiger partial charge in [-0.3, -0.25) is 9.78 Å². The number of nitrogens with zero attached hydrogens (tertiary/aromatic N) is 1. The molecular formula is C15H16ClN3O. The second-order valence-electron chi connectivity index (χ2n) is 4.56. The van der Waals surface area contributed by atoms with Gasteiger partial charge in [-0.1, -0.05) is 24.3 Å². The number of anilines is 1. The zero-order valence-corrected chi connectivity index (χ0v) is 11.7. The molecule has 4 nitrogen and oxygen atoms in total. The summed E-state index contributed by atoms with van der Waals surface area (Å²) in [5.74, 6) is -0.0667. The van der Waals surface area contributed by atoms with Crippen molar-refractivity contribution >= 4 is 24.0 Å². The van der Waals surface area contributed by atoms with Crippen molar-refractivity contribution in [2.75, 3.05) is 11.9 Å². The quantitative estimate of drug-likeness (QED) is 0.912. The van der Waals surface area contributed by atoms with Gasteiger partial charge in [-0.2, -0.15) is 0 Å². The molecule has 2 N–H and O–H groups in total. The van der Waals surface area contributed by atoms with Gasteiger partial charge >= 0.3 is 0 Å². The zero-order chi connectivity index (χ0) is 13.1. The van der Waals surface area contributed by atoms with Crippen LogP contribution >= 0.6 is 12.4 Å². The maximum absolute atomic E-state index is 12.2. The van der Waals surface area contributed by atoms with E-state index >= 15 is 0 Å². The van der Waals surface area contributed by atoms with Crippen molar-refractivity contribution in [3.05, 3.63) is 59.9 Å². The third-order valence-electron chi connectivity index (χ3n) is 3.32. The van der Waals surface area contributed by atoms with Crippen LogP contribution in [-0.2, 0) is 11.3 Å². The second-order valence-corrected chi connectivity index (χ2v) is 4.56. The van der Waals surface area contributed by atoms with Crippen molar-refractivity contribution in [1.82, 2.24) is 10.3 Å². The van der Waals surface area contributed by atoms with E-state index in [0.717, 1.165) is 16.9 Å². The van der Waals surface area contributed by atoms with E-state index in [2.05, 4.69) is 15.6 Å². The first-order valence-electron chi connectivity index (χ1n) is 6.35. The predicted molar refractivity (Wildman–Crippen MR) is 81.0 cm³/mol. The summed E-state index contributed by atoms with van der Waals surface area (Å²) >= 11 is 0. The van der Waals surface area contributed by atoms with Crippen LogP contribution in [0, 0.1) is 0 Å². The summed E-state index contributed by atoms with van der Waals surface area (Å²) in [6.45, 7) is 1.13. The molecular weight excluding hydrogens is 274 g/mol. The van der Waals surface area contributed by atoms with Crippen LogP contribution in [-0.4, -0.2) is 17.4 Å². The average Bonchev–Trinajstić information content (AvgIpc) is 2.90. The number of hydrogen-bond acceptors (Lipinski definition) is 3. The molecule has 1 aliphatic heterocycles. The molecule has 0 saturated heterocycles. The number of para-hydroxylation sites is 1. The van der Waals surface area contributed by atoms with Crippen LogP contribution < -0.4 is 10.6 Å². The van der Waals surface area contributed by atoms with E-state index in [1.807, 2.05) is 42.5 Å². The highest BCUT2D eigenvalue weighted by molar-refractivity contribution is 5.88. The predicted octanol–water partition coefficient (Wildman–Crippen LogP) is 2.33. The largest absolute Gasteiger partial charge is 0.384 e. The first kappa shape index (κ1) is 14.3. The second kappa shape index (κ2) is 6.39. The number of aromatic nitrogens is 1. The summed E-state index contributed by atoms with van der Waals surface area (Å²) in [7, 11) is 0. The molecule has 104 valence electrons. The molecule has 1 atom stereocenters. The Morgan fingerprint density at radius 3 is 2.85 bits per heavy atom. The fraction of sp³-hybridized carbons (Fsp3) is 0.200. The van der Waals surface area contributed by atoms with Crippen LogP contribution in [0.2, 0.25) is 0 Å². The van der Waals surface area contributed by atoms with Gasteiger partial charge in [0, 0.05) is 18.4 Å². The number of hydrogen-bond donors (Lipinski definition) is 2. The number of pyridine rings is 1. The minimum absolute atomic E-state index is 0. The van der Waals surface area contributed by atoms with E-state index in [9.17, 15) is 4.79 Å². The Labute approximate surface area is 124 Å². The highest BCUT2D eigenvalue weighted by Gasteiger charge is 2.27. The fourth-order valence-corrected chi connectivity index (χ4v) is 2.32. The molecule has 5 heteroatoms. The van der Waals surface area contributed by atoms with E-state index < -0.39 is 0 Å². The molecule has 0 bridgehead atoms. The zero-order valence-electron chi connectivity index (χ0n) is 10.9. The molecule has 0 aliphatic carbocycles. The molecule has 0 radical (unpaired) electrons. The Balaban J connectivity index is 0.00000147. The molecule has 3 rings (SSSR count). The summed E-state index contributed by atoms with van der Waals surface area (Å²) in [5.41, 5.74) is 3.00. The highest BCUT2D eigenvalue weighted by atomic mass is 35.5. The number of amides is 1. The molecule has 1 aromatic carbocycles. The molecule has 20 heavy (non-hydrogen) atoms. The van der Waals surface area contributed by atoms with E-state index in [1.165, 1.54) is 0 Å². The van der Waals surface area contributed by atoms with Gasteiger partial charge in [0.25, 0.3) is 0 Å². The highest BCUT2D eigenvalue weighted by Crippen LogP contribution is 2.30. The minimum atomic E-state index is -0.111. The standard InChI is InChI=1S/C15H15N3O.ClH/c19-15(18-9-11-5-3-4-8-16-11)13-10-17-14-7-2-1-6-12(13)14;/h1-8,13,17H,9-10H2,(H,18,19);1H. The minimum Gasteiger partial charge on any atom is -0.384 e. The number of rotatable bonds is 3. The summed E-state index contributed by atoms with van der Waals surface area (Å²) < 4.78 is 0. The number of fused-ring (bicyclic) bond motifs is 1. The van der Waals surface area contributed by atoms with Crippen LogP contribution in [0.1, 0.15) is 17.2 Å². The van der Waals surface area contributed by atoms with Gasteiger partial charge < -0.3 is 10.6 Å². The molecule has 0 fully saturated rings. The van der Waals surface area contributed by atoms with Crippen molar-refractivity contribution in [3.8, 4) is 0 Å². The average molecular weight is 290 g/mol. The third-order valence-corrected chi connectivity index (χ3v) is 3.32. The van der Waals surface area contributed by atoms with Crippen LogP contribution in [0.4, 0.5) is 5.69 Å². The van der Waals surface area contributed by atoms with Crippen molar-refractivity contribution in [3.63, 3.8) is 0 Å². The first-order valence-corrected chi connectivity index (χ1v) is 6.35. The lowest BCUT2D eigenvalue weighted by atomic mass is 10.0. The Kier molecular flexibility index (Phi) is 4.58. The van der Waals surface area contributed by atoms with E-state index in [-0.39, 0.29) is 24.2 Å². The smallest absolute Gasteiger partial charge is 0.229 e. The Morgan fingerprint density at radius 2 is 2.05 bits per heavy atom. The molecule has 1 amide bonds. The van der Waals surface area contributed by atoms with Crippen LogP contribution in [0.15, 0.2) is 48.7 Å². The summed E-state index contributed by atoms with van der Waals surface area (Å²) in [6.07, 6.45) is 1.73. The normalized spacial score (nSPS) is 15.7. The summed E-state index contributed by atoms with van der Waals surface area (Å²) in [6, 6.07) is 13.6. The maximum atomic E-state index is 12.2. The lowest BCUT2D eigenvalue weighted by molar-refractivity contribution is -0.122. The lowest BCUT2D eigenvalue weighted by Crippen LogP contribution is -2.30. The summed E-state index contributed by atoms with van der Waals surface area (Å²) in [4.78, 5) is 16.4. The van der Waals surface area contributed by atoms with E-state index in [0.29, 0.717) is 13.1 Å². The Bertz CT molecular complexity index is 589. The maximum Gasteiger partial charge on any atom is 0.229 e. The first-order chi connectivity index (χ1) is 9.34. The molecule has 1 aromatic heterocycles. The van der Waals surface area contributed by atoms with Gasteiger partial charge in [-0.05, 0) is 23.8 Å². The molecule has 1 aliphatic rings. The molecule has 2 heterocycles. The third kappa shape index (κ3) is 2.91. The van der Waals surface area contributed by atoms with Gasteiger partial charge in [-0.25, -0.2) is 0 Å². The monoisotopic (exact) mass is 289 g/mol. The molecule has 0 spiro atoms. The van der Waals surface area contributed by atoms with Gasteiger partial charge in [0.15, 0.2) is 0 Å². The summed E-state index contributed by atoms with van der Waals surface area (Å²) in [5, 5.41) is 6.19. The molecule has 0 saturated carbocycles. The van der Waals surface area contributed by atoms with Crippen molar-refractivity contribution in [1.29, 1.82) is 0 Å². The number of carbonyl (C=O) groups is 1. The Morgan fingerprint density at radius 1 is 1.25 bits per heavy atom. The van der Waals surface area contributed by atoms with Gasteiger partial charge in [-0.15, -0.1) is 12.4 Å². The van der Waals surface area contributed by atoms with Crippen LogP contribution in [0.5, 0.6) is 0 Å². The van der Waals surface area contributed by atoms with Gasteiger partial charge in [0.1, 0.15) is 0 Å². The van der Waals surface area contributed by atoms with Crippen molar-refractivity contribution < 1.29 is 4.79 Å². The number of carbonyl (C=O) groups excluding carboxylic acids is 1. The van der Waals surface area contributed by atoms with E-state index in [4.69, 9.17) is 0 Å².